The van der Waals surface area contributed by atoms with Gasteiger partial charge in [0.2, 0.25) is 0 Å². The van der Waals surface area contributed by atoms with E-state index in [9.17, 15) is 0 Å². The van der Waals surface area contributed by atoms with E-state index in [1.54, 1.807) is 0 Å². The van der Waals surface area contributed by atoms with Crippen LogP contribution in [0.3, 0.4) is 0 Å². The van der Waals surface area contributed by atoms with Crippen LogP contribution in [0.25, 0.3) is 108 Å². The summed E-state index contributed by atoms with van der Waals surface area (Å²) in [5, 5.41) is 8.76. The van der Waals surface area contributed by atoms with Crippen molar-refractivity contribution in [3.63, 3.8) is 0 Å². The number of thiophene rings is 1. The smallest absolute Gasteiger partial charge is 0.0786 e. The van der Waals surface area contributed by atoms with Gasteiger partial charge in [-0.15, -0.1) is 11.3 Å². The lowest BCUT2D eigenvalue weighted by atomic mass is 9.92. The Hall–Kier alpha value is -6.87. The molecule has 0 radical (unpaired) electrons. The number of fused-ring (bicyclic) bond motifs is 9. The maximum atomic E-state index is 4.80. The van der Waals surface area contributed by atoms with Gasteiger partial charge in [-0.2, -0.15) is 0 Å². The summed E-state index contributed by atoms with van der Waals surface area (Å²) in [6.07, 6.45) is 1.89. The molecule has 0 bridgehead atoms. The van der Waals surface area contributed by atoms with Crippen molar-refractivity contribution in [3.05, 3.63) is 200 Å². The van der Waals surface area contributed by atoms with Gasteiger partial charge >= 0.3 is 0 Å². The summed E-state index contributed by atoms with van der Waals surface area (Å²) < 4.78 is 2.67. The molecule has 0 aliphatic heterocycles. The fourth-order valence-corrected chi connectivity index (χ4v) is 9.66. The molecule has 11 rings (SSSR count). The van der Waals surface area contributed by atoms with Gasteiger partial charge in [0.15, 0.2) is 0 Å². The molecule has 0 atom stereocenters. The minimum atomic E-state index is 1.05. The van der Waals surface area contributed by atoms with E-state index in [4.69, 9.17) is 4.98 Å². The average Bonchev–Trinajstić information content (AvgIpc) is 3.66. The molecule has 0 spiro atoms. The number of rotatable bonds is 5. The third kappa shape index (κ3) is 5.42. The van der Waals surface area contributed by atoms with Crippen molar-refractivity contribution in [2.45, 2.75) is 0 Å². The molecule has 0 N–H and O–H groups in total. The first kappa shape index (κ1) is 31.6. The predicted molar refractivity (Wildman–Crippen MR) is 237 cm³/mol. The van der Waals surface area contributed by atoms with Gasteiger partial charge in [-0.25, -0.2) is 0 Å². The molecule has 0 saturated carbocycles. The lowest BCUT2D eigenvalue weighted by Gasteiger charge is -2.12. The Balaban J connectivity index is 0.936. The Kier molecular flexibility index (Phi) is 7.43. The Morgan fingerprint density at radius 1 is 0.291 bits per heavy atom. The van der Waals surface area contributed by atoms with Gasteiger partial charge < -0.3 is 0 Å². The molecule has 55 heavy (non-hydrogen) atoms. The zero-order chi connectivity index (χ0) is 36.3. The van der Waals surface area contributed by atoms with Gasteiger partial charge in [-0.3, -0.25) is 4.98 Å². The minimum absolute atomic E-state index is 1.05. The quantitative estimate of drug-likeness (QED) is 0.162. The fourth-order valence-electron chi connectivity index (χ4n) is 8.42. The van der Waals surface area contributed by atoms with Gasteiger partial charge in [0.25, 0.3) is 0 Å². The zero-order valence-electron chi connectivity index (χ0n) is 29.9. The molecular formula is C53H33NS. The van der Waals surface area contributed by atoms with Crippen molar-refractivity contribution < 1.29 is 0 Å². The molecule has 0 fully saturated rings. The molecule has 1 nitrogen and oxygen atoms in total. The molecule has 0 aliphatic carbocycles. The lowest BCUT2D eigenvalue weighted by molar-refractivity contribution is 1.43. The highest BCUT2D eigenvalue weighted by molar-refractivity contribution is 7.26. The van der Waals surface area contributed by atoms with E-state index in [1.165, 1.54) is 103 Å². The van der Waals surface area contributed by atoms with Crippen LogP contribution >= 0.6 is 11.3 Å². The molecule has 9 aromatic carbocycles. The molecule has 2 aromatic heterocycles. The molecule has 2 heteroatoms. The first-order valence-electron chi connectivity index (χ1n) is 18.8. The van der Waals surface area contributed by atoms with E-state index in [1.807, 2.05) is 23.6 Å². The molecule has 256 valence electrons. The molecule has 2 heterocycles. The van der Waals surface area contributed by atoms with E-state index in [0.29, 0.717) is 0 Å². The number of benzene rings is 9. The van der Waals surface area contributed by atoms with Crippen LogP contribution in [-0.4, -0.2) is 4.98 Å². The highest BCUT2D eigenvalue weighted by atomic mass is 32.1. The topological polar surface area (TPSA) is 12.9 Å². The summed E-state index contributed by atoms with van der Waals surface area (Å²) in [6.45, 7) is 0. The summed E-state index contributed by atoms with van der Waals surface area (Å²) in [5.41, 5.74) is 13.2. The standard InChI is InChI=1S/C53H33NS/c1-2-21-47-44(19-1)45-27-26-41(33-50(45)48-24-10-28-54-52(47)48)39-16-7-14-37(31-39)35-12-5-11-34(29-35)36-13-6-15-38(30-36)40-17-8-18-42(32-40)43-22-9-23-49-46-20-3-4-25-51(46)55-53(43)49/h1-33H. The van der Waals surface area contributed by atoms with Gasteiger partial charge in [0.05, 0.1) is 5.52 Å². The summed E-state index contributed by atoms with van der Waals surface area (Å²) in [5.74, 6) is 0. The number of hydrogen-bond acceptors (Lipinski definition) is 2. The second-order valence-electron chi connectivity index (χ2n) is 14.3. The highest BCUT2D eigenvalue weighted by Gasteiger charge is 2.13. The Morgan fingerprint density at radius 3 is 1.40 bits per heavy atom. The first-order valence-corrected chi connectivity index (χ1v) is 19.6. The summed E-state index contributed by atoms with van der Waals surface area (Å²) in [6, 6.07) is 70.9. The summed E-state index contributed by atoms with van der Waals surface area (Å²) >= 11 is 1.88. The second-order valence-corrected chi connectivity index (χ2v) is 15.4. The maximum absolute atomic E-state index is 4.80. The molecule has 11 aromatic rings. The minimum Gasteiger partial charge on any atom is -0.256 e. The predicted octanol–water partition coefficient (Wildman–Crippen LogP) is 15.2. The van der Waals surface area contributed by atoms with E-state index >= 15 is 0 Å². The van der Waals surface area contributed by atoms with E-state index in [0.717, 1.165) is 5.52 Å². The summed E-state index contributed by atoms with van der Waals surface area (Å²) in [4.78, 5) is 4.80. The van der Waals surface area contributed by atoms with Crippen LogP contribution in [0.4, 0.5) is 0 Å². The van der Waals surface area contributed by atoms with E-state index in [-0.39, 0.29) is 0 Å². The Bertz CT molecular complexity index is 3240. The van der Waals surface area contributed by atoms with Crippen molar-refractivity contribution >= 4 is 64.0 Å². The van der Waals surface area contributed by atoms with Crippen LogP contribution < -0.4 is 0 Å². The molecule has 0 unspecified atom stereocenters. The van der Waals surface area contributed by atoms with Crippen LogP contribution in [0.1, 0.15) is 0 Å². The molecule has 0 aliphatic rings. The fraction of sp³-hybridized carbons (Fsp3) is 0. The first-order chi connectivity index (χ1) is 27.2. The van der Waals surface area contributed by atoms with Gasteiger partial charge in [0.1, 0.15) is 0 Å². The highest BCUT2D eigenvalue weighted by Crippen LogP contribution is 2.41. The number of aromatic nitrogens is 1. The van der Waals surface area contributed by atoms with Crippen molar-refractivity contribution in [1.29, 1.82) is 0 Å². The van der Waals surface area contributed by atoms with Gasteiger partial charge in [0, 0.05) is 37.1 Å². The lowest BCUT2D eigenvalue weighted by Crippen LogP contribution is -1.87. The number of pyridine rings is 1. The largest absolute Gasteiger partial charge is 0.256 e. The van der Waals surface area contributed by atoms with Crippen LogP contribution in [0, 0.1) is 0 Å². The number of hydrogen-bond donors (Lipinski definition) is 0. The Labute approximate surface area is 323 Å². The molecule has 0 saturated heterocycles. The SMILES string of the molecule is c1cc(-c2cccc(-c3cccc(-c4cccc5c4sc4ccccc45)c3)c2)cc(-c2cccc(-c3ccc4c5ccccc5c5ncccc5c4c3)c2)c1. The maximum Gasteiger partial charge on any atom is 0.0786 e. The van der Waals surface area contributed by atoms with Crippen molar-refractivity contribution in [1.82, 2.24) is 4.98 Å². The van der Waals surface area contributed by atoms with Gasteiger partial charge in [-0.1, -0.05) is 152 Å². The van der Waals surface area contributed by atoms with E-state index in [2.05, 4.69) is 188 Å². The van der Waals surface area contributed by atoms with Crippen LogP contribution in [0.2, 0.25) is 0 Å². The normalized spacial score (nSPS) is 11.6. The zero-order valence-corrected chi connectivity index (χ0v) is 30.7. The monoisotopic (exact) mass is 715 g/mol. The average molecular weight is 716 g/mol. The van der Waals surface area contributed by atoms with E-state index < -0.39 is 0 Å². The molecular weight excluding hydrogens is 683 g/mol. The second kappa shape index (κ2) is 12.9. The molecule has 0 amide bonds. The third-order valence-corrected chi connectivity index (χ3v) is 12.3. The van der Waals surface area contributed by atoms with Crippen LogP contribution in [0.15, 0.2) is 200 Å². The van der Waals surface area contributed by atoms with Gasteiger partial charge in [-0.05, 0) is 114 Å². The van der Waals surface area contributed by atoms with Crippen molar-refractivity contribution in [2.24, 2.45) is 0 Å². The van der Waals surface area contributed by atoms with Crippen molar-refractivity contribution in [3.8, 4) is 55.6 Å². The van der Waals surface area contributed by atoms with Crippen molar-refractivity contribution in [2.75, 3.05) is 0 Å². The summed E-state index contributed by atoms with van der Waals surface area (Å²) in [7, 11) is 0. The van der Waals surface area contributed by atoms with Crippen LogP contribution in [-0.2, 0) is 0 Å². The Morgan fingerprint density at radius 2 is 0.745 bits per heavy atom. The van der Waals surface area contributed by atoms with Crippen LogP contribution in [0.5, 0.6) is 0 Å². The number of nitrogens with zero attached hydrogens (tertiary/aromatic N) is 1. The third-order valence-electron chi connectivity index (χ3n) is 11.1.